The molecule has 1 aliphatic rings. The summed E-state index contributed by atoms with van der Waals surface area (Å²) in [5, 5.41) is 8.59. The lowest BCUT2D eigenvalue weighted by atomic mass is 10.1. The predicted molar refractivity (Wildman–Crippen MR) is 49.9 cm³/mol. The summed E-state index contributed by atoms with van der Waals surface area (Å²) in [7, 11) is 0. The third-order valence-electron chi connectivity index (χ3n) is 2.34. The van der Waals surface area contributed by atoms with Gasteiger partial charge in [0.15, 0.2) is 0 Å². The Kier molecular flexibility index (Phi) is 3.91. The lowest BCUT2D eigenvalue weighted by Crippen LogP contribution is -2.33. The monoisotopic (exact) mass is 182 g/mol. The number of alkyl halides is 1. The number of nitrogens with zero attached hydrogens (tertiary/aromatic N) is 2. The number of rotatable bonds is 3. The van der Waals surface area contributed by atoms with Crippen LogP contribution in [0.2, 0.25) is 0 Å². The van der Waals surface area contributed by atoms with Gasteiger partial charge >= 0.3 is 0 Å². The van der Waals surface area contributed by atoms with Crippen LogP contribution in [0.25, 0.3) is 0 Å². The number of hydrogen-bond acceptors (Lipinski definition) is 2. The molecule has 1 atom stereocenters. The molecule has 1 unspecified atom stereocenters. The fourth-order valence-corrected chi connectivity index (χ4v) is 1.39. The molecule has 0 N–H and O–H groups in total. The minimum Gasteiger partial charge on any atom is -0.296 e. The van der Waals surface area contributed by atoms with Crippen molar-refractivity contribution in [1.29, 1.82) is 5.26 Å². The summed E-state index contributed by atoms with van der Waals surface area (Å²) < 4.78 is 13.0. The van der Waals surface area contributed by atoms with Crippen LogP contribution < -0.4 is 0 Å². The molecule has 3 heteroatoms. The van der Waals surface area contributed by atoms with Gasteiger partial charge in [0.05, 0.1) is 6.07 Å². The van der Waals surface area contributed by atoms with E-state index in [1.807, 2.05) is 13.0 Å². The smallest absolute Gasteiger partial charge is 0.112 e. The highest BCUT2D eigenvalue weighted by molar-refractivity contribution is 5.22. The first-order valence-electron chi connectivity index (χ1n) is 4.71. The molecule has 2 nitrogen and oxygen atoms in total. The Balaban J connectivity index is 2.34. The highest BCUT2D eigenvalue weighted by atomic mass is 19.1. The Labute approximate surface area is 78.6 Å². The van der Waals surface area contributed by atoms with Crippen molar-refractivity contribution in [2.45, 2.75) is 25.9 Å². The summed E-state index contributed by atoms with van der Waals surface area (Å²) in [6.45, 7) is 3.90. The van der Waals surface area contributed by atoms with Crippen molar-refractivity contribution in [2.75, 3.05) is 19.6 Å². The van der Waals surface area contributed by atoms with Gasteiger partial charge in [-0.2, -0.15) is 5.26 Å². The molecule has 0 amide bonds. The highest BCUT2D eigenvalue weighted by Gasteiger charge is 2.14. The second kappa shape index (κ2) is 4.98. The van der Waals surface area contributed by atoms with Gasteiger partial charge in [-0.15, -0.1) is 0 Å². The van der Waals surface area contributed by atoms with Gasteiger partial charge in [0.25, 0.3) is 0 Å². The summed E-state index contributed by atoms with van der Waals surface area (Å²) in [6.07, 6.45) is 2.52. The minimum atomic E-state index is -0.725. The topological polar surface area (TPSA) is 27.0 Å². The average molecular weight is 182 g/mol. The lowest BCUT2D eigenvalue weighted by molar-refractivity contribution is 0.198. The van der Waals surface area contributed by atoms with Crippen LogP contribution in [0, 0.1) is 11.3 Å². The van der Waals surface area contributed by atoms with Crippen LogP contribution in [0.15, 0.2) is 11.6 Å². The molecule has 72 valence electrons. The van der Waals surface area contributed by atoms with Crippen LogP contribution in [-0.2, 0) is 0 Å². The van der Waals surface area contributed by atoms with Crippen molar-refractivity contribution < 1.29 is 4.39 Å². The largest absolute Gasteiger partial charge is 0.296 e. The first-order valence-corrected chi connectivity index (χ1v) is 4.71. The number of hydrogen-bond donors (Lipinski definition) is 0. The molecule has 0 spiro atoms. The molecule has 0 aromatic heterocycles. The summed E-state index contributed by atoms with van der Waals surface area (Å²) in [5.41, 5.74) is 0.836. The van der Waals surface area contributed by atoms with E-state index in [0.717, 1.165) is 25.1 Å². The third-order valence-corrected chi connectivity index (χ3v) is 2.34. The second-order valence-corrected chi connectivity index (χ2v) is 3.36. The normalized spacial score (nSPS) is 20.5. The zero-order chi connectivity index (χ0) is 9.68. The Morgan fingerprint density at radius 2 is 2.54 bits per heavy atom. The summed E-state index contributed by atoms with van der Waals surface area (Å²) in [6, 6.07) is 2.13. The molecule has 1 heterocycles. The van der Waals surface area contributed by atoms with Gasteiger partial charge < -0.3 is 0 Å². The Bertz CT molecular complexity index is 230. The van der Waals surface area contributed by atoms with Crippen LogP contribution >= 0.6 is 0 Å². The number of nitriles is 1. The molecule has 0 fully saturated rings. The van der Waals surface area contributed by atoms with E-state index >= 15 is 0 Å². The van der Waals surface area contributed by atoms with Gasteiger partial charge in [0.2, 0.25) is 0 Å². The Morgan fingerprint density at radius 3 is 3.00 bits per heavy atom. The molecule has 0 aliphatic carbocycles. The van der Waals surface area contributed by atoms with E-state index in [1.165, 1.54) is 0 Å². The van der Waals surface area contributed by atoms with Gasteiger partial charge in [-0.3, -0.25) is 4.90 Å². The van der Waals surface area contributed by atoms with E-state index in [2.05, 4.69) is 11.0 Å². The van der Waals surface area contributed by atoms with Crippen molar-refractivity contribution in [3.8, 4) is 6.07 Å². The van der Waals surface area contributed by atoms with Gasteiger partial charge in [0.1, 0.15) is 6.17 Å². The van der Waals surface area contributed by atoms with Gasteiger partial charge in [-0.1, -0.05) is 13.0 Å². The molecule has 0 aromatic carbocycles. The average Bonchev–Trinajstić information content (AvgIpc) is 2.19. The van der Waals surface area contributed by atoms with Crippen LogP contribution in [0.4, 0.5) is 4.39 Å². The van der Waals surface area contributed by atoms with Gasteiger partial charge in [-0.25, -0.2) is 4.39 Å². The molecule has 0 radical (unpaired) electrons. The maximum absolute atomic E-state index is 13.0. The van der Waals surface area contributed by atoms with Crippen LogP contribution in [0.5, 0.6) is 0 Å². The Morgan fingerprint density at radius 1 is 1.77 bits per heavy atom. The van der Waals surface area contributed by atoms with E-state index in [-0.39, 0.29) is 0 Å². The first kappa shape index (κ1) is 10.2. The van der Waals surface area contributed by atoms with E-state index in [0.29, 0.717) is 13.0 Å². The number of halogens is 1. The van der Waals surface area contributed by atoms with Crippen molar-refractivity contribution in [2.24, 2.45) is 0 Å². The Hall–Kier alpha value is -0.880. The molecule has 0 saturated carbocycles. The van der Waals surface area contributed by atoms with Crippen LogP contribution in [0.3, 0.4) is 0 Å². The van der Waals surface area contributed by atoms with Gasteiger partial charge in [0, 0.05) is 25.2 Å². The maximum atomic E-state index is 13.0. The molecular formula is C10H15FN2. The molecule has 0 aromatic rings. The maximum Gasteiger partial charge on any atom is 0.112 e. The van der Waals surface area contributed by atoms with Crippen molar-refractivity contribution in [3.63, 3.8) is 0 Å². The van der Waals surface area contributed by atoms with E-state index < -0.39 is 6.17 Å². The van der Waals surface area contributed by atoms with Crippen molar-refractivity contribution in [1.82, 2.24) is 4.90 Å². The van der Waals surface area contributed by atoms with E-state index in [1.54, 1.807) is 0 Å². The SMILES string of the molecule is CCC(F)CN1CC=C(C#N)CC1. The van der Waals surface area contributed by atoms with Gasteiger partial charge in [-0.05, 0) is 12.8 Å². The quantitative estimate of drug-likeness (QED) is 0.666. The second-order valence-electron chi connectivity index (χ2n) is 3.36. The zero-order valence-corrected chi connectivity index (χ0v) is 7.96. The zero-order valence-electron chi connectivity index (χ0n) is 7.96. The molecule has 13 heavy (non-hydrogen) atoms. The molecule has 0 saturated heterocycles. The minimum absolute atomic E-state index is 0.506. The van der Waals surface area contributed by atoms with E-state index in [4.69, 9.17) is 5.26 Å². The van der Waals surface area contributed by atoms with Crippen LogP contribution in [-0.4, -0.2) is 30.7 Å². The van der Waals surface area contributed by atoms with E-state index in [9.17, 15) is 4.39 Å². The fraction of sp³-hybridized carbons (Fsp3) is 0.700. The predicted octanol–water partition coefficient (Wildman–Crippen LogP) is 1.89. The summed E-state index contributed by atoms with van der Waals surface area (Å²) >= 11 is 0. The van der Waals surface area contributed by atoms with Crippen molar-refractivity contribution in [3.05, 3.63) is 11.6 Å². The molecule has 1 rings (SSSR count). The standard InChI is InChI=1S/C10H15FN2/c1-2-10(11)8-13-5-3-9(7-12)4-6-13/h3,10H,2,4-6,8H2,1H3. The lowest BCUT2D eigenvalue weighted by Gasteiger charge is -2.25. The van der Waals surface area contributed by atoms with Crippen LogP contribution in [0.1, 0.15) is 19.8 Å². The fourth-order valence-electron chi connectivity index (χ4n) is 1.39. The molecular weight excluding hydrogens is 167 g/mol. The molecule has 1 aliphatic heterocycles. The first-order chi connectivity index (χ1) is 6.26. The highest BCUT2D eigenvalue weighted by Crippen LogP contribution is 2.11. The summed E-state index contributed by atoms with van der Waals surface area (Å²) in [5.74, 6) is 0. The molecule has 0 bridgehead atoms. The summed E-state index contributed by atoms with van der Waals surface area (Å²) in [4.78, 5) is 2.05. The van der Waals surface area contributed by atoms with Crippen molar-refractivity contribution >= 4 is 0 Å². The third kappa shape index (κ3) is 3.16.